The maximum Gasteiger partial charge on any atom is 0.334 e. The SMILES string of the molecule is COC(=O)[C@@H](N)Cc1ccc(-n2c(=O)n(C3CCOCC3)c3cccc(Cl)c32)cc1. The fourth-order valence-electron chi connectivity index (χ4n) is 4.03. The van der Waals surface area contributed by atoms with Gasteiger partial charge in [0.2, 0.25) is 0 Å². The van der Waals surface area contributed by atoms with Crippen molar-refractivity contribution in [3.63, 3.8) is 0 Å². The first-order valence-electron chi connectivity index (χ1n) is 9.93. The van der Waals surface area contributed by atoms with Crippen molar-refractivity contribution in [2.45, 2.75) is 31.3 Å². The fraction of sp³-hybridized carbons (Fsp3) is 0.364. The summed E-state index contributed by atoms with van der Waals surface area (Å²) in [7, 11) is 1.32. The Balaban J connectivity index is 1.76. The number of esters is 1. The third-order valence-corrected chi connectivity index (χ3v) is 5.86. The molecule has 2 N–H and O–H groups in total. The second-order valence-corrected chi connectivity index (χ2v) is 7.85. The van der Waals surface area contributed by atoms with E-state index in [-0.39, 0.29) is 11.7 Å². The predicted octanol–water partition coefficient (Wildman–Crippen LogP) is 2.84. The lowest BCUT2D eigenvalue weighted by Gasteiger charge is -2.23. The van der Waals surface area contributed by atoms with Crippen molar-refractivity contribution in [2.24, 2.45) is 5.73 Å². The molecule has 0 radical (unpaired) electrons. The molecule has 0 bridgehead atoms. The maximum atomic E-state index is 13.5. The zero-order valence-corrected chi connectivity index (χ0v) is 17.5. The molecular weight excluding hydrogens is 406 g/mol. The fourth-order valence-corrected chi connectivity index (χ4v) is 4.29. The Morgan fingerprint density at radius 1 is 1.23 bits per heavy atom. The molecule has 0 spiro atoms. The second kappa shape index (κ2) is 8.63. The van der Waals surface area contributed by atoms with E-state index in [1.54, 1.807) is 10.6 Å². The number of imidazole rings is 1. The number of halogens is 1. The molecule has 0 unspecified atom stereocenters. The molecule has 3 aromatic rings. The number of carbonyl (C=O) groups is 1. The van der Waals surface area contributed by atoms with Gasteiger partial charge in [-0.05, 0) is 49.1 Å². The molecule has 0 aliphatic carbocycles. The summed E-state index contributed by atoms with van der Waals surface area (Å²) in [6.45, 7) is 1.28. The first-order chi connectivity index (χ1) is 14.5. The van der Waals surface area contributed by atoms with Crippen LogP contribution in [-0.2, 0) is 20.7 Å². The summed E-state index contributed by atoms with van der Waals surface area (Å²) in [6, 6.07) is 12.3. The van der Waals surface area contributed by atoms with Crippen LogP contribution in [0.2, 0.25) is 5.02 Å². The molecular formula is C22H24ClN3O4. The summed E-state index contributed by atoms with van der Waals surface area (Å²) in [5.74, 6) is -0.457. The number of nitrogens with two attached hydrogens (primary N) is 1. The normalized spacial score (nSPS) is 16.0. The van der Waals surface area contributed by atoms with Crippen molar-refractivity contribution in [1.29, 1.82) is 0 Å². The highest BCUT2D eigenvalue weighted by molar-refractivity contribution is 6.35. The van der Waals surface area contributed by atoms with E-state index in [1.807, 2.05) is 41.0 Å². The van der Waals surface area contributed by atoms with Crippen LogP contribution >= 0.6 is 11.6 Å². The lowest BCUT2D eigenvalue weighted by atomic mass is 10.1. The van der Waals surface area contributed by atoms with Gasteiger partial charge in [-0.25, -0.2) is 4.79 Å². The number of para-hydroxylation sites is 1. The second-order valence-electron chi connectivity index (χ2n) is 7.44. The van der Waals surface area contributed by atoms with Crippen LogP contribution in [0, 0.1) is 0 Å². The number of benzene rings is 2. The number of carbonyl (C=O) groups excluding carboxylic acids is 1. The van der Waals surface area contributed by atoms with Crippen LogP contribution in [0.25, 0.3) is 16.7 Å². The van der Waals surface area contributed by atoms with Gasteiger partial charge >= 0.3 is 11.7 Å². The highest BCUT2D eigenvalue weighted by atomic mass is 35.5. The minimum Gasteiger partial charge on any atom is -0.468 e. The summed E-state index contributed by atoms with van der Waals surface area (Å²) in [6.07, 6.45) is 1.93. The maximum absolute atomic E-state index is 13.5. The average Bonchev–Trinajstić information content (AvgIpc) is 3.07. The Hall–Kier alpha value is -2.61. The molecule has 158 valence electrons. The Bertz CT molecular complexity index is 1110. The van der Waals surface area contributed by atoms with E-state index in [2.05, 4.69) is 4.74 Å². The van der Waals surface area contributed by atoms with Crippen molar-refractivity contribution in [1.82, 2.24) is 9.13 Å². The minimum atomic E-state index is -0.728. The number of hydrogen-bond acceptors (Lipinski definition) is 5. The van der Waals surface area contributed by atoms with Crippen LogP contribution in [0.15, 0.2) is 47.3 Å². The summed E-state index contributed by atoms with van der Waals surface area (Å²) >= 11 is 6.52. The monoisotopic (exact) mass is 429 g/mol. The number of methoxy groups -OCH3 is 1. The molecule has 0 amide bonds. The van der Waals surface area contributed by atoms with Gasteiger partial charge in [0.05, 0.1) is 28.9 Å². The van der Waals surface area contributed by atoms with Crippen molar-refractivity contribution in [3.05, 3.63) is 63.5 Å². The summed E-state index contributed by atoms with van der Waals surface area (Å²) in [5.41, 5.74) is 8.82. The average molecular weight is 430 g/mol. The van der Waals surface area contributed by atoms with Gasteiger partial charge < -0.3 is 15.2 Å². The first-order valence-corrected chi connectivity index (χ1v) is 10.3. The molecule has 1 atom stereocenters. The number of ether oxygens (including phenoxy) is 2. The first kappa shape index (κ1) is 20.7. The van der Waals surface area contributed by atoms with E-state index in [9.17, 15) is 9.59 Å². The Morgan fingerprint density at radius 3 is 2.60 bits per heavy atom. The van der Waals surface area contributed by atoms with Crippen LogP contribution < -0.4 is 11.4 Å². The van der Waals surface area contributed by atoms with E-state index < -0.39 is 12.0 Å². The highest BCUT2D eigenvalue weighted by Gasteiger charge is 2.24. The van der Waals surface area contributed by atoms with Crippen LogP contribution in [0.3, 0.4) is 0 Å². The van der Waals surface area contributed by atoms with Gasteiger partial charge in [0, 0.05) is 19.3 Å². The number of aromatic nitrogens is 2. The molecule has 8 heteroatoms. The topological polar surface area (TPSA) is 88.5 Å². The molecule has 2 heterocycles. The molecule has 1 saturated heterocycles. The molecule has 0 saturated carbocycles. The molecule has 1 aliphatic rings. The lowest BCUT2D eigenvalue weighted by molar-refractivity contribution is -0.142. The van der Waals surface area contributed by atoms with Crippen molar-refractivity contribution < 1.29 is 14.3 Å². The smallest absolute Gasteiger partial charge is 0.334 e. The minimum absolute atomic E-state index is 0.0748. The predicted molar refractivity (Wildman–Crippen MR) is 115 cm³/mol. The van der Waals surface area contributed by atoms with E-state index in [0.29, 0.717) is 35.9 Å². The van der Waals surface area contributed by atoms with Crippen LogP contribution in [0.1, 0.15) is 24.4 Å². The van der Waals surface area contributed by atoms with Crippen molar-refractivity contribution in [3.8, 4) is 5.69 Å². The Morgan fingerprint density at radius 2 is 1.93 bits per heavy atom. The molecule has 1 aliphatic heterocycles. The highest BCUT2D eigenvalue weighted by Crippen LogP contribution is 2.30. The summed E-state index contributed by atoms with van der Waals surface area (Å²) in [5, 5.41) is 0.521. The number of nitrogens with zero attached hydrogens (tertiary/aromatic N) is 2. The largest absolute Gasteiger partial charge is 0.468 e. The van der Waals surface area contributed by atoms with Crippen molar-refractivity contribution >= 4 is 28.6 Å². The van der Waals surface area contributed by atoms with Crippen LogP contribution in [0.4, 0.5) is 0 Å². The lowest BCUT2D eigenvalue weighted by Crippen LogP contribution is -2.33. The molecule has 7 nitrogen and oxygen atoms in total. The van der Waals surface area contributed by atoms with Crippen molar-refractivity contribution in [2.75, 3.05) is 20.3 Å². The summed E-state index contributed by atoms with van der Waals surface area (Å²) < 4.78 is 13.6. The van der Waals surface area contributed by atoms with E-state index in [1.165, 1.54) is 7.11 Å². The van der Waals surface area contributed by atoms with E-state index >= 15 is 0 Å². The molecule has 1 fully saturated rings. The van der Waals surface area contributed by atoms with Gasteiger partial charge in [0.1, 0.15) is 6.04 Å². The van der Waals surface area contributed by atoms with Crippen LogP contribution in [0.5, 0.6) is 0 Å². The zero-order chi connectivity index (χ0) is 21.3. The Labute approximate surface area is 178 Å². The van der Waals surface area contributed by atoms with Gasteiger partial charge in [-0.1, -0.05) is 29.8 Å². The molecule has 2 aromatic carbocycles. The van der Waals surface area contributed by atoms with Gasteiger partial charge in [0.15, 0.2) is 0 Å². The number of hydrogen-bond donors (Lipinski definition) is 1. The third kappa shape index (κ3) is 3.76. The number of fused-ring (bicyclic) bond motifs is 1. The Kier molecular flexibility index (Phi) is 5.94. The van der Waals surface area contributed by atoms with E-state index in [0.717, 1.165) is 23.9 Å². The van der Waals surface area contributed by atoms with E-state index in [4.69, 9.17) is 22.1 Å². The van der Waals surface area contributed by atoms with Gasteiger partial charge in [-0.2, -0.15) is 0 Å². The third-order valence-electron chi connectivity index (χ3n) is 5.56. The number of rotatable bonds is 5. The molecule has 4 rings (SSSR count). The van der Waals surface area contributed by atoms with Gasteiger partial charge in [-0.15, -0.1) is 0 Å². The molecule has 30 heavy (non-hydrogen) atoms. The van der Waals surface area contributed by atoms with Gasteiger partial charge in [0.25, 0.3) is 0 Å². The molecule has 1 aromatic heterocycles. The van der Waals surface area contributed by atoms with Crippen LogP contribution in [-0.4, -0.2) is 41.5 Å². The summed E-state index contributed by atoms with van der Waals surface area (Å²) in [4.78, 5) is 25.0. The van der Waals surface area contributed by atoms with Gasteiger partial charge in [-0.3, -0.25) is 13.9 Å². The quantitative estimate of drug-likeness (QED) is 0.630. The zero-order valence-electron chi connectivity index (χ0n) is 16.7. The standard InChI is InChI=1S/C22H24ClN3O4/c1-29-21(27)18(24)13-14-5-7-15(8-6-14)26-20-17(23)3-2-4-19(20)25(22(26)28)16-9-11-30-12-10-16/h2-8,16,18H,9-13,24H2,1H3/t18-/m0/s1.